The second-order valence-corrected chi connectivity index (χ2v) is 3.32. The van der Waals surface area contributed by atoms with Crippen molar-refractivity contribution in [3.05, 3.63) is 12.3 Å². The van der Waals surface area contributed by atoms with Crippen molar-refractivity contribution in [2.75, 3.05) is 0 Å². The van der Waals surface area contributed by atoms with E-state index in [-0.39, 0.29) is 12.8 Å². The smallest absolute Gasteiger partial charge is 0.426 e. The maximum absolute atomic E-state index is 12.5. The Hall–Kier alpha value is -1.33. The number of rotatable bonds is 3. The van der Waals surface area contributed by atoms with E-state index < -0.39 is 18.1 Å². The molecule has 14 heavy (non-hydrogen) atoms. The molecule has 0 aromatic heterocycles. The maximum atomic E-state index is 12.5. The van der Waals surface area contributed by atoms with Crippen molar-refractivity contribution in [1.29, 1.82) is 0 Å². The summed E-state index contributed by atoms with van der Waals surface area (Å²) in [5, 5.41) is 9.56. The van der Waals surface area contributed by atoms with Gasteiger partial charge in [0.15, 0.2) is 0 Å². The van der Waals surface area contributed by atoms with Crippen LogP contribution in [0.5, 0.6) is 0 Å². The van der Waals surface area contributed by atoms with Gasteiger partial charge in [0.2, 0.25) is 5.92 Å². The SMILES string of the molecule is CC(F)(F)CCC1C=CNN1C(=O)O. The van der Waals surface area contributed by atoms with Gasteiger partial charge in [-0.25, -0.2) is 18.6 Å². The van der Waals surface area contributed by atoms with E-state index in [0.29, 0.717) is 0 Å². The number of hydrazine groups is 1. The molecule has 0 fully saturated rings. The first-order valence-electron chi connectivity index (χ1n) is 4.23. The van der Waals surface area contributed by atoms with Crippen LogP contribution in [-0.2, 0) is 0 Å². The van der Waals surface area contributed by atoms with E-state index in [9.17, 15) is 13.6 Å². The molecule has 1 rings (SSSR count). The summed E-state index contributed by atoms with van der Waals surface area (Å²) in [7, 11) is 0. The molecule has 0 aromatic carbocycles. The number of hydrogen-bond donors (Lipinski definition) is 2. The van der Waals surface area contributed by atoms with Crippen LogP contribution >= 0.6 is 0 Å². The largest absolute Gasteiger partial charge is 0.464 e. The molecular formula is C8H12F2N2O2. The van der Waals surface area contributed by atoms with Crippen LogP contribution in [0.4, 0.5) is 13.6 Å². The number of carboxylic acid groups (broad SMARTS) is 1. The third-order valence-corrected chi connectivity index (χ3v) is 1.95. The van der Waals surface area contributed by atoms with Crippen molar-refractivity contribution < 1.29 is 18.7 Å². The minimum Gasteiger partial charge on any atom is -0.464 e. The van der Waals surface area contributed by atoms with Gasteiger partial charge in [0.05, 0.1) is 6.04 Å². The van der Waals surface area contributed by atoms with Gasteiger partial charge in [-0.15, -0.1) is 0 Å². The van der Waals surface area contributed by atoms with Crippen molar-refractivity contribution in [3.8, 4) is 0 Å². The van der Waals surface area contributed by atoms with Crippen LogP contribution in [0.3, 0.4) is 0 Å². The predicted octanol–water partition coefficient (Wildman–Crippen LogP) is 1.80. The Bertz CT molecular complexity index is 250. The summed E-state index contributed by atoms with van der Waals surface area (Å²) < 4.78 is 25.0. The molecular weight excluding hydrogens is 194 g/mol. The van der Waals surface area contributed by atoms with Crippen LogP contribution in [0.1, 0.15) is 19.8 Å². The summed E-state index contributed by atoms with van der Waals surface area (Å²) in [6, 6.07) is -0.502. The topological polar surface area (TPSA) is 52.6 Å². The molecule has 1 amide bonds. The number of carbonyl (C=O) groups is 1. The van der Waals surface area contributed by atoms with Gasteiger partial charge in [-0.2, -0.15) is 0 Å². The molecule has 4 nitrogen and oxygen atoms in total. The minimum absolute atomic E-state index is 0.110. The van der Waals surface area contributed by atoms with Crippen molar-refractivity contribution in [3.63, 3.8) is 0 Å². The lowest BCUT2D eigenvalue weighted by Gasteiger charge is -2.22. The fourth-order valence-electron chi connectivity index (χ4n) is 1.24. The molecule has 1 atom stereocenters. The summed E-state index contributed by atoms with van der Waals surface area (Å²) in [6.07, 6.45) is 1.61. The van der Waals surface area contributed by atoms with Gasteiger partial charge in [0.25, 0.3) is 0 Å². The number of amides is 1. The molecule has 1 aliphatic rings. The van der Waals surface area contributed by atoms with Crippen LogP contribution in [0.25, 0.3) is 0 Å². The van der Waals surface area contributed by atoms with E-state index in [1.807, 2.05) is 0 Å². The Labute approximate surface area is 80.2 Å². The Balaban J connectivity index is 2.44. The summed E-state index contributed by atoms with van der Waals surface area (Å²) in [4.78, 5) is 10.6. The van der Waals surface area contributed by atoms with E-state index in [1.165, 1.54) is 6.20 Å². The highest BCUT2D eigenvalue weighted by Gasteiger charge is 2.28. The Morgan fingerprint density at radius 1 is 1.71 bits per heavy atom. The highest BCUT2D eigenvalue weighted by atomic mass is 19.3. The van der Waals surface area contributed by atoms with E-state index in [4.69, 9.17) is 5.11 Å². The Morgan fingerprint density at radius 3 is 2.86 bits per heavy atom. The summed E-state index contributed by atoms with van der Waals surface area (Å²) in [6.45, 7) is 0.824. The highest BCUT2D eigenvalue weighted by Crippen LogP contribution is 2.22. The lowest BCUT2D eigenvalue weighted by molar-refractivity contribution is 0.00497. The van der Waals surface area contributed by atoms with Crippen LogP contribution < -0.4 is 5.43 Å². The van der Waals surface area contributed by atoms with Crippen LogP contribution in [0, 0.1) is 0 Å². The molecule has 1 aliphatic heterocycles. The Morgan fingerprint density at radius 2 is 2.36 bits per heavy atom. The zero-order valence-electron chi connectivity index (χ0n) is 7.70. The molecule has 0 spiro atoms. The normalized spacial score (nSPS) is 21.1. The standard InChI is InChI=1S/C8H12F2N2O2/c1-8(9,10)4-2-6-3-5-11-12(6)7(13)14/h3,5-6,11H,2,4H2,1H3,(H,13,14). The quantitative estimate of drug-likeness (QED) is 0.740. The van der Waals surface area contributed by atoms with Crippen molar-refractivity contribution in [1.82, 2.24) is 10.4 Å². The molecule has 0 radical (unpaired) electrons. The molecule has 1 heterocycles. The fourth-order valence-corrected chi connectivity index (χ4v) is 1.24. The number of halogens is 2. The second kappa shape index (κ2) is 3.81. The monoisotopic (exact) mass is 206 g/mol. The van der Waals surface area contributed by atoms with Crippen molar-refractivity contribution in [2.45, 2.75) is 31.7 Å². The van der Waals surface area contributed by atoms with Gasteiger partial charge >= 0.3 is 6.09 Å². The molecule has 0 aliphatic carbocycles. The third kappa shape index (κ3) is 2.86. The van der Waals surface area contributed by atoms with Gasteiger partial charge in [-0.3, -0.25) is 0 Å². The van der Waals surface area contributed by atoms with Crippen molar-refractivity contribution >= 4 is 6.09 Å². The molecule has 80 valence electrons. The average Bonchev–Trinajstić information content (AvgIpc) is 2.46. The van der Waals surface area contributed by atoms with Crippen LogP contribution in [0.2, 0.25) is 0 Å². The number of hydrogen-bond acceptors (Lipinski definition) is 2. The van der Waals surface area contributed by atoms with Crippen molar-refractivity contribution in [2.24, 2.45) is 0 Å². The maximum Gasteiger partial charge on any atom is 0.426 e. The first kappa shape index (κ1) is 10.7. The first-order chi connectivity index (χ1) is 6.40. The Kier molecular flexibility index (Phi) is 2.93. The molecule has 0 aromatic rings. The zero-order chi connectivity index (χ0) is 10.8. The van der Waals surface area contributed by atoms with E-state index in [1.54, 1.807) is 6.08 Å². The van der Waals surface area contributed by atoms with Crippen LogP contribution in [0.15, 0.2) is 12.3 Å². The van der Waals surface area contributed by atoms with Gasteiger partial charge < -0.3 is 10.5 Å². The van der Waals surface area contributed by atoms with E-state index >= 15 is 0 Å². The number of nitrogens with zero attached hydrogens (tertiary/aromatic N) is 1. The summed E-state index contributed by atoms with van der Waals surface area (Å²) in [5.41, 5.74) is 2.45. The molecule has 0 saturated heterocycles. The highest BCUT2D eigenvalue weighted by molar-refractivity contribution is 5.65. The molecule has 2 N–H and O–H groups in total. The number of nitrogens with one attached hydrogen (secondary N) is 1. The molecule has 0 saturated carbocycles. The lowest BCUT2D eigenvalue weighted by atomic mass is 10.1. The summed E-state index contributed by atoms with van der Waals surface area (Å²) >= 11 is 0. The lowest BCUT2D eigenvalue weighted by Crippen LogP contribution is -2.42. The predicted molar refractivity (Wildman–Crippen MR) is 45.8 cm³/mol. The zero-order valence-corrected chi connectivity index (χ0v) is 7.70. The van der Waals surface area contributed by atoms with Crippen LogP contribution in [-0.4, -0.2) is 28.2 Å². The number of alkyl halides is 2. The van der Waals surface area contributed by atoms with Gasteiger partial charge in [0, 0.05) is 12.6 Å². The minimum atomic E-state index is -2.75. The average molecular weight is 206 g/mol. The second-order valence-electron chi connectivity index (χ2n) is 3.32. The van der Waals surface area contributed by atoms with E-state index in [0.717, 1.165) is 11.9 Å². The van der Waals surface area contributed by atoms with Gasteiger partial charge in [-0.05, 0) is 19.4 Å². The summed E-state index contributed by atoms with van der Waals surface area (Å²) in [5.74, 6) is -2.75. The molecule has 1 unspecified atom stereocenters. The molecule has 0 bridgehead atoms. The van der Waals surface area contributed by atoms with Gasteiger partial charge in [0.1, 0.15) is 0 Å². The fraction of sp³-hybridized carbons (Fsp3) is 0.625. The first-order valence-corrected chi connectivity index (χ1v) is 4.23. The third-order valence-electron chi connectivity index (χ3n) is 1.95. The van der Waals surface area contributed by atoms with E-state index in [2.05, 4.69) is 5.43 Å². The molecule has 6 heteroatoms. The van der Waals surface area contributed by atoms with Gasteiger partial charge in [-0.1, -0.05) is 0 Å².